The quantitative estimate of drug-likeness (QED) is 0.567. The van der Waals surface area contributed by atoms with Gasteiger partial charge in [0.2, 0.25) is 5.91 Å². The molecule has 27 heavy (non-hydrogen) atoms. The fourth-order valence-corrected chi connectivity index (χ4v) is 2.60. The van der Waals surface area contributed by atoms with E-state index in [0.29, 0.717) is 16.7 Å². The van der Waals surface area contributed by atoms with E-state index in [-0.39, 0.29) is 23.3 Å². The second-order valence-corrected chi connectivity index (χ2v) is 6.48. The SMILES string of the molecule is C[C@H](NN(c1ccc(C(N)=O)cn1)c1ccc2c(cnn2C)c1F)[C@@H](C)N. The number of hydrazine groups is 1. The molecule has 3 rings (SSSR count). The Labute approximate surface area is 155 Å². The minimum atomic E-state index is -0.583. The van der Waals surface area contributed by atoms with Crippen LogP contribution in [0.4, 0.5) is 15.9 Å². The van der Waals surface area contributed by atoms with Crippen molar-refractivity contribution in [3.8, 4) is 0 Å². The van der Waals surface area contributed by atoms with Gasteiger partial charge in [0.1, 0.15) is 5.82 Å². The van der Waals surface area contributed by atoms with E-state index in [0.717, 1.165) is 0 Å². The number of fused-ring (bicyclic) bond motifs is 1. The number of nitrogens with zero attached hydrogens (tertiary/aromatic N) is 4. The predicted octanol–water partition coefficient (Wildman–Crippen LogP) is 1.58. The molecule has 0 fully saturated rings. The molecule has 3 aromatic rings. The van der Waals surface area contributed by atoms with Crippen LogP contribution < -0.4 is 21.9 Å². The largest absolute Gasteiger partial charge is 0.366 e. The predicted molar refractivity (Wildman–Crippen MR) is 102 cm³/mol. The topological polar surface area (TPSA) is 115 Å². The number of rotatable bonds is 6. The Morgan fingerprint density at radius 1 is 1.26 bits per heavy atom. The van der Waals surface area contributed by atoms with Crippen molar-refractivity contribution in [2.45, 2.75) is 25.9 Å². The van der Waals surface area contributed by atoms with Crippen LogP contribution in [0, 0.1) is 5.82 Å². The molecule has 0 radical (unpaired) electrons. The van der Waals surface area contributed by atoms with Crippen molar-refractivity contribution in [3.05, 3.63) is 48.0 Å². The zero-order chi connectivity index (χ0) is 19.7. The van der Waals surface area contributed by atoms with Crippen molar-refractivity contribution in [2.24, 2.45) is 18.5 Å². The number of nitrogens with one attached hydrogen (secondary N) is 1. The van der Waals surface area contributed by atoms with Crippen molar-refractivity contribution < 1.29 is 9.18 Å². The minimum absolute atomic E-state index is 0.174. The summed E-state index contributed by atoms with van der Waals surface area (Å²) < 4.78 is 16.8. The van der Waals surface area contributed by atoms with E-state index in [9.17, 15) is 4.79 Å². The molecule has 1 amide bonds. The molecular weight excluding hydrogens is 349 g/mol. The highest BCUT2D eigenvalue weighted by atomic mass is 19.1. The van der Waals surface area contributed by atoms with Crippen LogP contribution in [0.25, 0.3) is 10.9 Å². The Bertz CT molecular complexity index is 968. The van der Waals surface area contributed by atoms with Crippen molar-refractivity contribution in [1.29, 1.82) is 0 Å². The van der Waals surface area contributed by atoms with Crippen molar-refractivity contribution in [2.75, 3.05) is 5.01 Å². The summed E-state index contributed by atoms with van der Waals surface area (Å²) in [5.41, 5.74) is 15.6. The summed E-state index contributed by atoms with van der Waals surface area (Å²) in [6.45, 7) is 3.73. The van der Waals surface area contributed by atoms with Crippen LogP contribution in [0.5, 0.6) is 0 Å². The molecule has 5 N–H and O–H groups in total. The Morgan fingerprint density at radius 3 is 2.59 bits per heavy atom. The van der Waals surface area contributed by atoms with Gasteiger partial charge in [0.25, 0.3) is 0 Å². The number of primary amides is 1. The Morgan fingerprint density at radius 2 is 2.00 bits per heavy atom. The summed E-state index contributed by atoms with van der Waals surface area (Å²) in [5.74, 6) is -0.624. The molecule has 0 unspecified atom stereocenters. The third kappa shape index (κ3) is 3.60. The first-order valence-corrected chi connectivity index (χ1v) is 8.47. The van der Waals surface area contributed by atoms with Gasteiger partial charge in [-0.15, -0.1) is 0 Å². The highest BCUT2D eigenvalue weighted by Gasteiger charge is 2.21. The minimum Gasteiger partial charge on any atom is -0.366 e. The fraction of sp³-hybridized carbons (Fsp3) is 0.278. The van der Waals surface area contributed by atoms with E-state index in [1.807, 2.05) is 13.8 Å². The van der Waals surface area contributed by atoms with Gasteiger partial charge in [0, 0.05) is 25.3 Å². The van der Waals surface area contributed by atoms with Gasteiger partial charge in [0.05, 0.1) is 28.4 Å². The fourth-order valence-electron chi connectivity index (χ4n) is 2.60. The van der Waals surface area contributed by atoms with Crippen molar-refractivity contribution in [3.63, 3.8) is 0 Å². The van der Waals surface area contributed by atoms with E-state index >= 15 is 4.39 Å². The smallest absolute Gasteiger partial charge is 0.250 e. The molecule has 0 bridgehead atoms. The molecule has 142 valence electrons. The van der Waals surface area contributed by atoms with E-state index in [1.54, 1.807) is 29.9 Å². The summed E-state index contributed by atoms with van der Waals surface area (Å²) in [6.07, 6.45) is 2.83. The van der Waals surface area contributed by atoms with Gasteiger partial charge in [0.15, 0.2) is 5.82 Å². The molecule has 0 spiro atoms. The zero-order valence-electron chi connectivity index (χ0n) is 15.3. The summed E-state index contributed by atoms with van der Waals surface area (Å²) in [6, 6.07) is 6.19. The Kier molecular flexibility index (Phi) is 5.06. The van der Waals surface area contributed by atoms with Crippen LogP contribution >= 0.6 is 0 Å². The maximum Gasteiger partial charge on any atom is 0.250 e. The van der Waals surface area contributed by atoms with Gasteiger partial charge in [-0.05, 0) is 38.1 Å². The maximum atomic E-state index is 15.2. The maximum absolute atomic E-state index is 15.2. The number of hydrogen-bond acceptors (Lipinski definition) is 6. The number of carbonyl (C=O) groups is 1. The molecule has 1 aromatic carbocycles. The van der Waals surface area contributed by atoms with Gasteiger partial charge in [-0.1, -0.05) is 0 Å². The molecule has 0 aliphatic rings. The third-order valence-electron chi connectivity index (χ3n) is 4.47. The lowest BCUT2D eigenvalue weighted by molar-refractivity contribution is 0.1000. The summed E-state index contributed by atoms with van der Waals surface area (Å²) >= 11 is 0. The molecule has 8 nitrogen and oxygen atoms in total. The zero-order valence-corrected chi connectivity index (χ0v) is 15.3. The lowest BCUT2D eigenvalue weighted by Crippen LogP contribution is -2.49. The molecular formula is C18H22FN7O. The van der Waals surface area contributed by atoms with Gasteiger partial charge >= 0.3 is 0 Å². The average molecular weight is 371 g/mol. The van der Waals surface area contributed by atoms with Crippen LogP contribution in [-0.4, -0.2) is 32.8 Å². The van der Waals surface area contributed by atoms with E-state index in [4.69, 9.17) is 11.5 Å². The first kappa shape index (κ1) is 18.7. The number of carbonyl (C=O) groups excluding carboxylic acids is 1. The number of halogens is 1. The molecule has 9 heteroatoms. The molecule has 0 saturated carbocycles. The lowest BCUT2D eigenvalue weighted by Gasteiger charge is -2.30. The molecule has 2 atom stereocenters. The number of hydrogen-bond donors (Lipinski definition) is 3. The standard InChI is InChI=1S/C18H22FN7O/c1-10(20)11(2)24-26(16-7-4-12(8-22-16)18(21)27)15-6-5-14-13(17(15)19)9-23-25(14)3/h4-11,24H,20H2,1-3H3,(H2,21,27)/t10-,11+/m1/s1. The Hall–Kier alpha value is -3.04. The third-order valence-corrected chi connectivity index (χ3v) is 4.47. The first-order chi connectivity index (χ1) is 12.8. The lowest BCUT2D eigenvalue weighted by atomic mass is 10.2. The van der Waals surface area contributed by atoms with E-state index in [2.05, 4.69) is 15.5 Å². The highest BCUT2D eigenvalue weighted by Crippen LogP contribution is 2.30. The van der Waals surface area contributed by atoms with Crippen molar-refractivity contribution in [1.82, 2.24) is 20.2 Å². The number of anilines is 2. The molecule has 0 saturated heterocycles. The number of amides is 1. The normalized spacial score (nSPS) is 13.5. The van der Waals surface area contributed by atoms with Crippen LogP contribution in [0.3, 0.4) is 0 Å². The summed E-state index contributed by atoms with van der Waals surface area (Å²) in [7, 11) is 1.75. The number of pyridine rings is 1. The second-order valence-electron chi connectivity index (χ2n) is 6.48. The number of benzene rings is 1. The molecule has 2 aromatic heterocycles. The van der Waals surface area contributed by atoms with Crippen LogP contribution in [0.15, 0.2) is 36.7 Å². The van der Waals surface area contributed by atoms with Crippen LogP contribution in [-0.2, 0) is 7.05 Å². The molecule has 0 aliphatic heterocycles. The average Bonchev–Trinajstić information content (AvgIpc) is 3.02. The second kappa shape index (κ2) is 7.29. The van der Waals surface area contributed by atoms with Crippen LogP contribution in [0.2, 0.25) is 0 Å². The first-order valence-electron chi connectivity index (χ1n) is 8.47. The summed E-state index contributed by atoms with van der Waals surface area (Å²) in [5, 5.41) is 6.01. The van der Waals surface area contributed by atoms with Gasteiger partial charge in [-0.25, -0.2) is 14.8 Å². The van der Waals surface area contributed by atoms with Gasteiger partial charge < -0.3 is 11.5 Å². The van der Waals surface area contributed by atoms with Crippen molar-refractivity contribution >= 4 is 28.3 Å². The molecule has 0 aliphatic carbocycles. The van der Waals surface area contributed by atoms with E-state index < -0.39 is 11.7 Å². The molecule has 2 heterocycles. The van der Waals surface area contributed by atoms with Gasteiger partial charge in [-0.3, -0.25) is 14.5 Å². The van der Waals surface area contributed by atoms with E-state index in [1.165, 1.54) is 23.5 Å². The van der Waals surface area contributed by atoms with Gasteiger partial charge in [-0.2, -0.15) is 5.10 Å². The summed E-state index contributed by atoms with van der Waals surface area (Å²) in [4.78, 5) is 15.5. The van der Waals surface area contributed by atoms with Crippen LogP contribution in [0.1, 0.15) is 24.2 Å². The number of aryl methyl sites for hydroxylation is 1. The number of aromatic nitrogens is 3. The number of nitrogens with two attached hydrogens (primary N) is 2. The highest BCUT2D eigenvalue weighted by molar-refractivity contribution is 5.92. The monoisotopic (exact) mass is 371 g/mol. The Balaban J connectivity index is 2.09.